The average molecular weight is 421 g/mol. The largest absolute Gasteiger partial charge is 0.469 e. The number of ether oxygens (including phenoxy) is 2. The van der Waals surface area contributed by atoms with E-state index >= 15 is 0 Å². The number of likely N-dealkylation sites (tertiary alicyclic amines) is 1. The van der Waals surface area contributed by atoms with Crippen LogP contribution in [0.5, 0.6) is 0 Å². The van der Waals surface area contributed by atoms with E-state index in [4.69, 9.17) is 17.0 Å². The van der Waals surface area contributed by atoms with Crippen molar-refractivity contribution in [1.82, 2.24) is 10.2 Å². The average Bonchev–Trinajstić information content (AvgIpc) is 3.09. The summed E-state index contributed by atoms with van der Waals surface area (Å²) in [5.41, 5.74) is 1.25. The van der Waals surface area contributed by atoms with Crippen LogP contribution in [-0.4, -0.2) is 54.8 Å². The monoisotopic (exact) mass is 420 g/mol. The van der Waals surface area contributed by atoms with Gasteiger partial charge in [0, 0.05) is 25.9 Å². The first-order chi connectivity index (χ1) is 14.1. The summed E-state index contributed by atoms with van der Waals surface area (Å²) in [5.74, 6) is 0.0291. The van der Waals surface area contributed by atoms with Gasteiger partial charge in [-0.1, -0.05) is 43.2 Å². The number of benzene rings is 1. The molecule has 0 radical (unpaired) electrons. The lowest BCUT2D eigenvalue weighted by atomic mass is 10.1. The Hall–Kier alpha value is -2.15. The molecule has 1 aliphatic heterocycles. The molecule has 0 bridgehead atoms. The molecule has 1 aromatic rings. The van der Waals surface area contributed by atoms with Crippen molar-refractivity contribution in [1.29, 1.82) is 0 Å². The number of carbonyl (C=O) groups excluding carboxylic acids is 2. The summed E-state index contributed by atoms with van der Waals surface area (Å²) in [5, 5.41) is 3.52. The van der Waals surface area contributed by atoms with Crippen LogP contribution in [0.3, 0.4) is 0 Å². The van der Waals surface area contributed by atoms with Crippen LogP contribution in [-0.2, 0) is 25.5 Å². The van der Waals surface area contributed by atoms with Crippen LogP contribution in [0.1, 0.15) is 50.5 Å². The Labute approximate surface area is 178 Å². The van der Waals surface area contributed by atoms with Gasteiger partial charge in [0.05, 0.1) is 13.2 Å². The highest BCUT2D eigenvalue weighted by atomic mass is 32.1. The van der Waals surface area contributed by atoms with Crippen molar-refractivity contribution in [2.45, 2.75) is 57.4 Å². The van der Waals surface area contributed by atoms with Crippen LogP contribution in [0.15, 0.2) is 30.3 Å². The number of thiocarbonyl (C=S) groups is 1. The Bertz CT molecular complexity index is 653. The summed E-state index contributed by atoms with van der Waals surface area (Å²) in [6.45, 7) is 1.90. The number of amides is 1. The van der Waals surface area contributed by atoms with Gasteiger partial charge in [0.25, 0.3) is 5.17 Å². The first-order valence-electron chi connectivity index (χ1n) is 10.4. The van der Waals surface area contributed by atoms with E-state index in [2.05, 4.69) is 22.2 Å². The van der Waals surface area contributed by atoms with Gasteiger partial charge in [-0.15, -0.1) is 0 Å². The Balaban J connectivity index is 1.59. The summed E-state index contributed by atoms with van der Waals surface area (Å²) in [4.78, 5) is 25.2. The minimum absolute atomic E-state index is 0.0893. The maximum atomic E-state index is 12.2. The maximum absolute atomic E-state index is 12.2. The van der Waals surface area contributed by atoms with E-state index in [-0.39, 0.29) is 17.9 Å². The molecule has 7 heteroatoms. The molecule has 0 aliphatic carbocycles. The van der Waals surface area contributed by atoms with Gasteiger partial charge in [0.2, 0.25) is 5.91 Å². The van der Waals surface area contributed by atoms with E-state index in [0.717, 1.165) is 51.6 Å². The standard InChI is InChI=1S/C22H32N2O4S/c1-27-21(26)11-7-2-3-8-16-24-19(12-13-20(24)25)17-28-22(29)23-15-14-18-9-5-4-6-10-18/h4-6,9-10,19H,2-3,7-8,11-17H2,1H3,(H,23,29). The van der Waals surface area contributed by atoms with Gasteiger partial charge in [0.15, 0.2) is 0 Å². The van der Waals surface area contributed by atoms with Gasteiger partial charge in [0.1, 0.15) is 6.61 Å². The van der Waals surface area contributed by atoms with Gasteiger partial charge in [-0.3, -0.25) is 9.59 Å². The van der Waals surface area contributed by atoms with Crippen LogP contribution >= 0.6 is 12.2 Å². The third kappa shape index (κ3) is 8.81. The number of hydrogen-bond acceptors (Lipinski definition) is 5. The van der Waals surface area contributed by atoms with Crippen LogP contribution in [0.25, 0.3) is 0 Å². The predicted octanol–water partition coefficient (Wildman–Crippen LogP) is 3.23. The van der Waals surface area contributed by atoms with Crippen molar-refractivity contribution in [2.24, 2.45) is 0 Å². The molecular formula is C22H32N2O4S. The molecule has 1 aromatic carbocycles. The SMILES string of the molecule is COC(=O)CCCCCCN1C(=O)CCC1COC(=S)NCCc1ccccc1. The van der Waals surface area contributed by atoms with Crippen LogP contribution in [0, 0.1) is 0 Å². The molecule has 0 spiro atoms. The number of unbranched alkanes of at least 4 members (excludes halogenated alkanes) is 3. The molecule has 0 saturated carbocycles. The highest BCUT2D eigenvalue weighted by molar-refractivity contribution is 7.80. The second-order valence-electron chi connectivity index (χ2n) is 7.28. The van der Waals surface area contributed by atoms with Gasteiger partial charge in [-0.05, 0) is 43.5 Å². The third-order valence-electron chi connectivity index (χ3n) is 5.14. The first kappa shape index (κ1) is 23.1. The highest BCUT2D eigenvalue weighted by Gasteiger charge is 2.30. The number of carbonyl (C=O) groups is 2. The van der Waals surface area contributed by atoms with Crippen molar-refractivity contribution in [3.05, 3.63) is 35.9 Å². The fourth-order valence-corrected chi connectivity index (χ4v) is 3.63. The quantitative estimate of drug-likeness (QED) is 0.318. The van der Waals surface area contributed by atoms with Gasteiger partial charge >= 0.3 is 5.97 Å². The fraction of sp³-hybridized carbons (Fsp3) is 0.591. The minimum atomic E-state index is -0.162. The zero-order chi connectivity index (χ0) is 20.9. The zero-order valence-electron chi connectivity index (χ0n) is 17.2. The predicted molar refractivity (Wildman–Crippen MR) is 117 cm³/mol. The fourth-order valence-electron chi connectivity index (χ4n) is 3.46. The van der Waals surface area contributed by atoms with Crippen molar-refractivity contribution in [2.75, 3.05) is 26.8 Å². The lowest BCUT2D eigenvalue weighted by Crippen LogP contribution is -2.38. The van der Waals surface area contributed by atoms with E-state index in [0.29, 0.717) is 24.6 Å². The Morgan fingerprint density at radius 1 is 1.21 bits per heavy atom. The van der Waals surface area contributed by atoms with Crippen molar-refractivity contribution in [3.63, 3.8) is 0 Å². The van der Waals surface area contributed by atoms with Gasteiger partial charge in [-0.2, -0.15) is 0 Å². The summed E-state index contributed by atoms with van der Waals surface area (Å²) in [6, 6.07) is 10.3. The first-order valence-corrected chi connectivity index (χ1v) is 10.8. The molecule has 1 aliphatic rings. The summed E-state index contributed by atoms with van der Waals surface area (Å²) >= 11 is 5.26. The van der Waals surface area contributed by atoms with E-state index in [1.165, 1.54) is 12.7 Å². The molecule has 2 rings (SSSR count). The minimum Gasteiger partial charge on any atom is -0.469 e. The molecule has 1 saturated heterocycles. The number of nitrogens with one attached hydrogen (secondary N) is 1. The van der Waals surface area contributed by atoms with Crippen molar-refractivity contribution >= 4 is 29.3 Å². The molecule has 1 unspecified atom stereocenters. The van der Waals surface area contributed by atoms with Crippen LogP contribution < -0.4 is 5.32 Å². The smallest absolute Gasteiger partial charge is 0.305 e. The van der Waals surface area contributed by atoms with E-state index in [1.807, 2.05) is 23.1 Å². The molecule has 0 aromatic heterocycles. The van der Waals surface area contributed by atoms with Gasteiger partial charge in [-0.25, -0.2) is 0 Å². The number of methoxy groups -OCH3 is 1. The van der Waals surface area contributed by atoms with Crippen LogP contribution in [0.2, 0.25) is 0 Å². The Kier molecular flexibility index (Phi) is 10.5. The number of hydrogen-bond donors (Lipinski definition) is 1. The topological polar surface area (TPSA) is 67.9 Å². The normalized spacial score (nSPS) is 16.0. The maximum Gasteiger partial charge on any atom is 0.305 e. The second-order valence-corrected chi connectivity index (χ2v) is 7.65. The van der Waals surface area contributed by atoms with Gasteiger partial charge < -0.3 is 19.7 Å². The van der Waals surface area contributed by atoms with E-state index in [9.17, 15) is 9.59 Å². The Morgan fingerprint density at radius 3 is 2.72 bits per heavy atom. The highest BCUT2D eigenvalue weighted by Crippen LogP contribution is 2.20. The molecule has 6 nitrogen and oxygen atoms in total. The molecule has 1 fully saturated rings. The molecule has 1 heterocycles. The zero-order valence-corrected chi connectivity index (χ0v) is 18.0. The van der Waals surface area contributed by atoms with Crippen molar-refractivity contribution in [3.8, 4) is 0 Å². The lowest BCUT2D eigenvalue weighted by molar-refractivity contribution is -0.140. The van der Waals surface area contributed by atoms with Crippen molar-refractivity contribution < 1.29 is 19.1 Å². The van der Waals surface area contributed by atoms with E-state index < -0.39 is 0 Å². The lowest BCUT2D eigenvalue weighted by Gasteiger charge is -2.25. The summed E-state index contributed by atoms with van der Waals surface area (Å²) < 4.78 is 10.3. The molecule has 1 atom stereocenters. The summed E-state index contributed by atoms with van der Waals surface area (Å²) in [7, 11) is 1.41. The molecule has 29 heavy (non-hydrogen) atoms. The van der Waals surface area contributed by atoms with E-state index in [1.54, 1.807) is 0 Å². The second kappa shape index (κ2) is 13.1. The third-order valence-corrected chi connectivity index (χ3v) is 5.40. The summed E-state index contributed by atoms with van der Waals surface area (Å²) in [6.07, 6.45) is 6.46. The number of nitrogens with zero attached hydrogens (tertiary/aromatic N) is 1. The van der Waals surface area contributed by atoms with Crippen LogP contribution in [0.4, 0.5) is 0 Å². The Morgan fingerprint density at radius 2 is 1.97 bits per heavy atom. The number of rotatable bonds is 12. The molecular weight excluding hydrogens is 388 g/mol. The molecule has 1 N–H and O–H groups in total. The molecule has 160 valence electrons. The number of esters is 1. The molecule has 1 amide bonds.